The molecule has 0 aliphatic rings. The van der Waals surface area contributed by atoms with Crippen LogP contribution in [0.2, 0.25) is 0 Å². The molecule has 0 saturated carbocycles. The number of anilines is 1. The number of nitrogens with zero attached hydrogens (tertiary/aromatic N) is 1. The highest BCUT2D eigenvalue weighted by Crippen LogP contribution is 2.14. The van der Waals surface area contributed by atoms with Crippen molar-refractivity contribution in [2.45, 2.75) is 33.0 Å². The molecule has 2 amide bonds. The van der Waals surface area contributed by atoms with E-state index in [4.69, 9.17) is 0 Å². The molecule has 0 aliphatic carbocycles. The monoisotopic (exact) mass is 420 g/mol. The standard InChI is InChI=1S/C22H27F2N3O3/c1-15-5-9-18(10-6-15)25-20(28)14-27(4)21(29)16(2)26(3)13-17-7-11-19(12-8-17)30-22(23)24/h5-12,16,22H,13-14H2,1-4H3,(H,25,28)/p+1/t16-/m1/s1. The Labute approximate surface area is 175 Å². The van der Waals surface area contributed by atoms with E-state index in [9.17, 15) is 18.4 Å². The molecule has 1 unspecified atom stereocenters. The van der Waals surface area contributed by atoms with Crippen LogP contribution in [-0.4, -0.2) is 50.0 Å². The first-order chi connectivity index (χ1) is 14.2. The molecular weight excluding hydrogens is 392 g/mol. The maximum absolute atomic E-state index is 12.7. The summed E-state index contributed by atoms with van der Waals surface area (Å²) < 4.78 is 28.8. The number of hydrogen-bond donors (Lipinski definition) is 2. The highest BCUT2D eigenvalue weighted by molar-refractivity contribution is 5.94. The molecule has 6 nitrogen and oxygen atoms in total. The van der Waals surface area contributed by atoms with Crippen LogP contribution in [0.25, 0.3) is 0 Å². The average Bonchev–Trinajstić information content (AvgIpc) is 2.69. The van der Waals surface area contributed by atoms with Crippen LogP contribution in [0.4, 0.5) is 14.5 Å². The first kappa shape index (κ1) is 23.3. The molecule has 2 aromatic carbocycles. The van der Waals surface area contributed by atoms with Crippen molar-refractivity contribution < 1.29 is 28.0 Å². The number of amides is 2. The summed E-state index contributed by atoms with van der Waals surface area (Å²) in [7, 11) is 3.46. The third-order valence-electron chi connectivity index (χ3n) is 4.83. The molecule has 0 aliphatic heterocycles. The molecule has 0 spiro atoms. The zero-order chi connectivity index (χ0) is 22.3. The SMILES string of the molecule is Cc1ccc(NC(=O)CN(C)C(=O)[C@@H](C)[NH+](C)Cc2ccc(OC(F)F)cc2)cc1. The molecule has 30 heavy (non-hydrogen) atoms. The van der Waals surface area contributed by atoms with Gasteiger partial charge in [0.15, 0.2) is 6.04 Å². The van der Waals surface area contributed by atoms with E-state index in [1.165, 1.54) is 17.0 Å². The van der Waals surface area contributed by atoms with Crippen molar-refractivity contribution in [3.8, 4) is 5.75 Å². The van der Waals surface area contributed by atoms with Gasteiger partial charge in [0.1, 0.15) is 12.3 Å². The van der Waals surface area contributed by atoms with E-state index in [-0.39, 0.29) is 30.2 Å². The summed E-state index contributed by atoms with van der Waals surface area (Å²) in [5, 5.41) is 2.78. The quantitative estimate of drug-likeness (QED) is 0.653. The number of likely N-dealkylation sites (N-methyl/N-ethyl adjacent to an activating group) is 2. The highest BCUT2D eigenvalue weighted by Gasteiger charge is 2.26. The summed E-state index contributed by atoms with van der Waals surface area (Å²) in [5.74, 6) is -0.340. The van der Waals surface area contributed by atoms with Gasteiger partial charge in [-0.3, -0.25) is 9.59 Å². The normalized spacial score (nSPS) is 12.9. The predicted molar refractivity (Wildman–Crippen MR) is 111 cm³/mol. The van der Waals surface area contributed by atoms with Gasteiger partial charge in [0.25, 0.3) is 5.91 Å². The van der Waals surface area contributed by atoms with E-state index in [0.717, 1.165) is 16.0 Å². The van der Waals surface area contributed by atoms with E-state index < -0.39 is 6.61 Å². The van der Waals surface area contributed by atoms with Gasteiger partial charge >= 0.3 is 6.61 Å². The molecule has 2 N–H and O–H groups in total. The van der Waals surface area contributed by atoms with Gasteiger partial charge in [0, 0.05) is 18.3 Å². The Balaban J connectivity index is 1.86. The number of benzene rings is 2. The third-order valence-corrected chi connectivity index (χ3v) is 4.83. The Bertz CT molecular complexity index is 842. The van der Waals surface area contributed by atoms with Gasteiger partial charge in [-0.05, 0) is 50.2 Å². The Hall–Kier alpha value is -3.00. The summed E-state index contributed by atoms with van der Waals surface area (Å²) in [5.41, 5.74) is 2.66. The molecule has 162 valence electrons. The second-order valence-electron chi connectivity index (χ2n) is 7.38. The smallest absolute Gasteiger partial charge is 0.387 e. The number of halogens is 2. The number of nitrogens with one attached hydrogen (secondary N) is 2. The summed E-state index contributed by atoms with van der Waals surface area (Å²) >= 11 is 0. The zero-order valence-corrected chi connectivity index (χ0v) is 17.6. The van der Waals surface area contributed by atoms with E-state index in [1.807, 2.05) is 38.2 Å². The second-order valence-corrected chi connectivity index (χ2v) is 7.38. The lowest BCUT2D eigenvalue weighted by atomic mass is 10.1. The van der Waals surface area contributed by atoms with Crippen molar-refractivity contribution in [3.05, 3.63) is 59.7 Å². The minimum absolute atomic E-state index is 0.0516. The van der Waals surface area contributed by atoms with Crippen LogP contribution in [-0.2, 0) is 16.1 Å². The molecule has 2 atom stereocenters. The number of rotatable bonds is 9. The van der Waals surface area contributed by atoms with Crippen LogP contribution in [0, 0.1) is 6.92 Å². The Morgan fingerprint density at radius 2 is 1.70 bits per heavy atom. The fourth-order valence-corrected chi connectivity index (χ4v) is 2.94. The van der Waals surface area contributed by atoms with Gasteiger partial charge in [-0.2, -0.15) is 8.78 Å². The maximum Gasteiger partial charge on any atom is 0.387 e. The van der Waals surface area contributed by atoms with Crippen LogP contribution in [0.15, 0.2) is 48.5 Å². The summed E-state index contributed by atoms with van der Waals surface area (Å²) in [6, 6.07) is 13.4. The molecule has 0 radical (unpaired) electrons. The van der Waals surface area contributed by atoms with E-state index in [0.29, 0.717) is 12.2 Å². The Morgan fingerprint density at radius 1 is 1.10 bits per heavy atom. The van der Waals surface area contributed by atoms with Crippen molar-refractivity contribution in [3.63, 3.8) is 0 Å². The highest BCUT2D eigenvalue weighted by atomic mass is 19.3. The van der Waals surface area contributed by atoms with Gasteiger partial charge in [0.05, 0.1) is 13.6 Å². The molecule has 2 aromatic rings. The van der Waals surface area contributed by atoms with Crippen molar-refractivity contribution in [1.82, 2.24) is 4.90 Å². The fourth-order valence-electron chi connectivity index (χ4n) is 2.94. The van der Waals surface area contributed by atoms with Gasteiger partial charge < -0.3 is 19.9 Å². The van der Waals surface area contributed by atoms with Gasteiger partial charge in [-0.15, -0.1) is 0 Å². The first-order valence-corrected chi connectivity index (χ1v) is 9.63. The molecule has 0 fully saturated rings. The number of ether oxygens (including phenoxy) is 1. The molecule has 2 rings (SSSR count). The van der Waals surface area contributed by atoms with E-state index in [1.54, 1.807) is 26.1 Å². The second kappa shape index (κ2) is 10.7. The zero-order valence-electron chi connectivity index (χ0n) is 17.6. The molecular formula is C22H28F2N3O3+. The first-order valence-electron chi connectivity index (χ1n) is 9.63. The molecule has 0 heterocycles. The fraction of sp³-hybridized carbons (Fsp3) is 0.364. The van der Waals surface area contributed by atoms with Gasteiger partial charge in [-0.25, -0.2) is 0 Å². The van der Waals surface area contributed by atoms with E-state index in [2.05, 4.69) is 10.1 Å². The van der Waals surface area contributed by atoms with Crippen molar-refractivity contribution in [2.75, 3.05) is 26.0 Å². The summed E-state index contributed by atoms with van der Waals surface area (Å²) in [6.45, 7) is 1.36. The van der Waals surface area contributed by atoms with Crippen molar-refractivity contribution in [2.24, 2.45) is 0 Å². The topological polar surface area (TPSA) is 63.1 Å². The lowest BCUT2D eigenvalue weighted by Crippen LogP contribution is -3.12. The molecule has 0 aromatic heterocycles. The minimum Gasteiger partial charge on any atom is -0.435 e. The Kier molecular flexibility index (Phi) is 8.29. The summed E-state index contributed by atoms with van der Waals surface area (Å²) in [6.07, 6.45) is 0. The number of carbonyl (C=O) groups is 2. The maximum atomic E-state index is 12.7. The van der Waals surface area contributed by atoms with Crippen molar-refractivity contribution in [1.29, 1.82) is 0 Å². The van der Waals surface area contributed by atoms with Crippen LogP contribution in [0.3, 0.4) is 0 Å². The average molecular weight is 420 g/mol. The van der Waals surface area contributed by atoms with Crippen molar-refractivity contribution >= 4 is 17.5 Å². The molecule has 0 bridgehead atoms. The largest absolute Gasteiger partial charge is 0.435 e. The summed E-state index contributed by atoms with van der Waals surface area (Å²) in [4.78, 5) is 27.2. The number of hydrogen-bond acceptors (Lipinski definition) is 3. The van der Waals surface area contributed by atoms with Gasteiger partial charge in [-0.1, -0.05) is 17.7 Å². The van der Waals surface area contributed by atoms with Crippen LogP contribution >= 0.6 is 0 Å². The van der Waals surface area contributed by atoms with Crippen LogP contribution in [0.5, 0.6) is 5.75 Å². The van der Waals surface area contributed by atoms with E-state index >= 15 is 0 Å². The lowest BCUT2D eigenvalue weighted by molar-refractivity contribution is -0.908. The lowest BCUT2D eigenvalue weighted by Gasteiger charge is -2.25. The molecule has 8 heteroatoms. The van der Waals surface area contributed by atoms with Gasteiger partial charge in [0.2, 0.25) is 5.91 Å². The van der Waals surface area contributed by atoms with Crippen LogP contribution < -0.4 is 15.0 Å². The third kappa shape index (κ3) is 7.11. The minimum atomic E-state index is -2.86. The number of carbonyl (C=O) groups excluding carboxylic acids is 2. The number of aryl methyl sites for hydroxylation is 1. The predicted octanol–water partition coefficient (Wildman–Crippen LogP) is 2.10. The molecule has 0 saturated heterocycles. The number of alkyl halides is 2. The van der Waals surface area contributed by atoms with Crippen LogP contribution in [0.1, 0.15) is 18.1 Å². The Morgan fingerprint density at radius 3 is 2.27 bits per heavy atom. The number of quaternary nitrogens is 1.